The minimum absolute atomic E-state index is 0.0981. The van der Waals surface area contributed by atoms with E-state index in [1.54, 1.807) is 32.7 Å². The molecule has 5 aromatic rings. The third-order valence-corrected chi connectivity index (χ3v) is 7.46. The molecule has 0 spiro atoms. The standard InChI is InChI=1S/C29H29N5O4S/c1-37-23-9-3-21(4-10-23)18-34-27(22-7-11-24(38-2)12-8-22)17-26-28(32-19-33-29(26)34)31-16-15-20-5-13-25(14-6-20)39(30,35)36/h3-14,17,19H,15-16,18H2,1-2H3,(H2,30,35,36)(H,31,32,33). The van der Waals surface area contributed by atoms with Gasteiger partial charge in [0.2, 0.25) is 10.0 Å². The van der Waals surface area contributed by atoms with Crippen LogP contribution in [0.2, 0.25) is 0 Å². The zero-order valence-corrected chi connectivity index (χ0v) is 22.5. The number of hydrogen-bond acceptors (Lipinski definition) is 7. The van der Waals surface area contributed by atoms with Gasteiger partial charge in [0, 0.05) is 13.1 Å². The molecule has 0 saturated heterocycles. The monoisotopic (exact) mass is 543 g/mol. The van der Waals surface area contributed by atoms with Crippen LogP contribution in [-0.2, 0) is 23.0 Å². The Hall–Kier alpha value is -4.41. The van der Waals surface area contributed by atoms with Gasteiger partial charge in [0.25, 0.3) is 0 Å². The van der Waals surface area contributed by atoms with Crippen molar-refractivity contribution >= 4 is 26.9 Å². The van der Waals surface area contributed by atoms with Gasteiger partial charge >= 0.3 is 0 Å². The number of benzene rings is 3. The minimum atomic E-state index is -3.71. The van der Waals surface area contributed by atoms with E-state index in [-0.39, 0.29) is 4.90 Å². The van der Waals surface area contributed by atoms with Crippen molar-refractivity contribution in [1.82, 2.24) is 14.5 Å². The maximum Gasteiger partial charge on any atom is 0.238 e. The number of nitrogens with two attached hydrogens (primary N) is 1. The van der Waals surface area contributed by atoms with Crippen LogP contribution in [0.5, 0.6) is 11.5 Å². The molecule has 0 amide bonds. The number of nitrogens with zero attached hydrogens (tertiary/aromatic N) is 3. The number of sulfonamides is 1. The number of primary sulfonamides is 1. The molecule has 3 aromatic carbocycles. The average molecular weight is 544 g/mol. The quantitative estimate of drug-likeness (QED) is 0.267. The fourth-order valence-corrected chi connectivity index (χ4v) is 4.96. The third kappa shape index (κ3) is 5.87. The van der Waals surface area contributed by atoms with E-state index in [4.69, 9.17) is 14.6 Å². The van der Waals surface area contributed by atoms with Crippen LogP contribution >= 0.6 is 0 Å². The number of aromatic nitrogens is 3. The van der Waals surface area contributed by atoms with Crippen LogP contribution in [0.25, 0.3) is 22.3 Å². The Morgan fingerprint density at radius 3 is 2.08 bits per heavy atom. The average Bonchev–Trinajstić information content (AvgIpc) is 3.32. The molecule has 0 saturated carbocycles. The van der Waals surface area contributed by atoms with Crippen LogP contribution in [0.15, 0.2) is 90.1 Å². The summed E-state index contributed by atoms with van der Waals surface area (Å²) >= 11 is 0. The lowest BCUT2D eigenvalue weighted by Gasteiger charge is -2.12. The Morgan fingerprint density at radius 2 is 1.46 bits per heavy atom. The number of ether oxygens (including phenoxy) is 2. The molecule has 0 radical (unpaired) electrons. The highest BCUT2D eigenvalue weighted by molar-refractivity contribution is 7.89. The molecule has 0 fully saturated rings. The van der Waals surface area contributed by atoms with Gasteiger partial charge < -0.3 is 19.4 Å². The minimum Gasteiger partial charge on any atom is -0.497 e. The van der Waals surface area contributed by atoms with Gasteiger partial charge in [-0.25, -0.2) is 23.5 Å². The molecule has 3 N–H and O–H groups in total. The molecule has 0 aliphatic heterocycles. The van der Waals surface area contributed by atoms with E-state index < -0.39 is 10.0 Å². The zero-order chi connectivity index (χ0) is 27.4. The Labute approximate surface area is 227 Å². The molecule has 0 aliphatic rings. The summed E-state index contributed by atoms with van der Waals surface area (Å²) in [5.74, 6) is 2.32. The van der Waals surface area contributed by atoms with Gasteiger partial charge in [-0.3, -0.25) is 0 Å². The first-order valence-electron chi connectivity index (χ1n) is 12.3. The summed E-state index contributed by atoms with van der Waals surface area (Å²) in [6.07, 6.45) is 2.24. The van der Waals surface area contributed by atoms with Crippen LogP contribution in [-0.4, -0.2) is 43.7 Å². The molecule has 5 rings (SSSR count). The molecule has 2 heterocycles. The highest BCUT2D eigenvalue weighted by Gasteiger charge is 2.16. The first-order chi connectivity index (χ1) is 18.9. The van der Waals surface area contributed by atoms with E-state index in [0.29, 0.717) is 19.5 Å². The van der Waals surface area contributed by atoms with Crippen molar-refractivity contribution in [2.24, 2.45) is 5.14 Å². The summed E-state index contributed by atoms with van der Waals surface area (Å²) in [4.78, 5) is 9.26. The summed E-state index contributed by atoms with van der Waals surface area (Å²) in [5.41, 5.74) is 4.94. The molecule has 39 heavy (non-hydrogen) atoms. The Morgan fingerprint density at radius 1 is 0.846 bits per heavy atom. The van der Waals surface area contributed by atoms with E-state index in [1.807, 2.05) is 48.5 Å². The van der Waals surface area contributed by atoms with E-state index >= 15 is 0 Å². The SMILES string of the molecule is COc1ccc(Cn2c(-c3ccc(OC)cc3)cc3c(NCCc4ccc(S(N)(=O)=O)cc4)ncnc32)cc1. The topological polar surface area (TPSA) is 121 Å². The predicted molar refractivity (Wildman–Crippen MR) is 152 cm³/mol. The molecule has 0 aliphatic carbocycles. The first-order valence-corrected chi connectivity index (χ1v) is 13.9. The molecule has 0 atom stereocenters. The Kier molecular flexibility index (Phi) is 7.49. The smallest absolute Gasteiger partial charge is 0.238 e. The molecule has 10 heteroatoms. The zero-order valence-electron chi connectivity index (χ0n) is 21.7. The number of hydrogen-bond donors (Lipinski definition) is 2. The van der Waals surface area contributed by atoms with Crippen LogP contribution in [0, 0.1) is 0 Å². The maximum absolute atomic E-state index is 11.5. The predicted octanol–water partition coefficient (Wildman–Crippen LogP) is 4.47. The van der Waals surface area contributed by atoms with Gasteiger partial charge in [-0.1, -0.05) is 24.3 Å². The second kappa shape index (κ2) is 11.1. The highest BCUT2D eigenvalue weighted by atomic mass is 32.2. The van der Waals surface area contributed by atoms with Crippen LogP contribution in [0.3, 0.4) is 0 Å². The molecular formula is C29H29N5O4S. The number of methoxy groups -OCH3 is 2. The van der Waals surface area contributed by atoms with Crippen molar-refractivity contribution in [3.05, 3.63) is 96.3 Å². The Bertz CT molecular complexity index is 1680. The maximum atomic E-state index is 11.5. The largest absolute Gasteiger partial charge is 0.497 e. The number of fused-ring (bicyclic) bond motifs is 1. The Balaban J connectivity index is 1.45. The highest BCUT2D eigenvalue weighted by Crippen LogP contribution is 2.32. The van der Waals surface area contributed by atoms with Gasteiger partial charge in [0.15, 0.2) is 0 Å². The first kappa shape index (κ1) is 26.2. The molecule has 0 bridgehead atoms. The summed E-state index contributed by atoms with van der Waals surface area (Å²) in [6, 6.07) is 24.6. The summed E-state index contributed by atoms with van der Waals surface area (Å²) in [5, 5.41) is 9.53. The lowest BCUT2D eigenvalue weighted by atomic mass is 10.1. The van der Waals surface area contributed by atoms with Crippen molar-refractivity contribution < 1.29 is 17.9 Å². The normalized spacial score (nSPS) is 11.5. The summed E-state index contributed by atoms with van der Waals surface area (Å²) in [6.45, 7) is 1.21. The number of nitrogens with one attached hydrogen (secondary N) is 1. The van der Waals surface area contributed by atoms with Crippen molar-refractivity contribution in [2.75, 3.05) is 26.1 Å². The van der Waals surface area contributed by atoms with Gasteiger partial charge in [0.1, 0.15) is 29.3 Å². The van der Waals surface area contributed by atoms with Crippen molar-refractivity contribution in [2.45, 2.75) is 17.9 Å². The second-order valence-corrected chi connectivity index (χ2v) is 10.6. The summed E-state index contributed by atoms with van der Waals surface area (Å²) < 4.78 is 35.9. The number of rotatable bonds is 10. The molecule has 0 unspecified atom stereocenters. The van der Waals surface area contributed by atoms with Crippen molar-refractivity contribution in [3.63, 3.8) is 0 Å². The molecule has 2 aromatic heterocycles. The van der Waals surface area contributed by atoms with Crippen LogP contribution < -0.4 is 19.9 Å². The number of anilines is 1. The van der Waals surface area contributed by atoms with Gasteiger partial charge in [-0.15, -0.1) is 0 Å². The fraction of sp³-hybridized carbons (Fsp3) is 0.172. The third-order valence-electron chi connectivity index (χ3n) is 6.53. The lowest BCUT2D eigenvalue weighted by Crippen LogP contribution is -2.12. The lowest BCUT2D eigenvalue weighted by molar-refractivity contribution is 0.414. The van der Waals surface area contributed by atoms with E-state index in [0.717, 1.165) is 50.7 Å². The van der Waals surface area contributed by atoms with E-state index in [9.17, 15) is 8.42 Å². The van der Waals surface area contributed by atoms with Crippen LogP contribution in [0.1, 0.15) is 11.1 Å². The summed E-state index contributed by atoms with van der Waals surface area (Å²) in [7, 11) is -0.406. The van der Waals surface area contributed by atoms with E-state index in [2.05, 4.69) is 25.9 Å². The van der Waals surface area contributed by atoms with Gasteiger partial charge in [-0.05, 0) is 77.7 Å². The van der Waals surface area contributed by atoms with Crippen molar-refractivity contribution in [3.8, 4) is 22.8 Å². The molecule has 200 valence electrons. The van der Waals surface area contributed by atoms with E-state index in [1.165, 1.54) is 12.1 Å². The molecular weight excluding hydrogens is 514 g/mol. The molecule has 9 nitrogen and oxygen atoms in total. The fourth-order valence-electron chi connectivity index (χ4n) is 4.45. The van der Waals surface area contributed by atoms with Crippen molar-refractivity contribution in [1.29, 1.82) is 0 Å². The van der Waals surface area contributed by atoms with Gasteiger partial charge in [-0.2, -0.15) is 0 Å². The second-order valence-electron chi connectivity index (χ2n) is 9.02. The van der Waals surface area contributed by atoms with Gasteiger partial charge in [0.05, 0.1) is 30.2 Å². The van der Waals surface area contributed by atoms with Crippen LogP contribution in [0.4, 0.5) is 5.82 Å².